The van der Waals surface area contributed by atoms with Gasteiger partial charge in [0.25, 0.3) is 0 Å². The molecule has 0 aliphatic rings. The summed E-state index contributed by atoms with van der Waals surface area (Å²) >= 11 is 1.56. The van der Waals surface area contributed by atoms with Crippen LogP contribution in [0.1, 0.15) is 11.7 Å². The first-order valence-corrected chi connectivity index (χ1v) is 6.71. The van der Waals surface area contributed by atoms with E-state index in [0.717, 1.165) is 5.56 Å². The number of thiophene rings is 1. The Morgan fingerprint density at radius 2 is 2.42 bits per heavy atom. The lowest BCUT2D eigenvalue weighted by Gasteiger charge is -2.12. The van der Waals surface area contributed by atoms with Gasteiger partial charge in [0.2, 0.25) is 0 Å². The number of rotatable bonds is 4. The number of nitrogen functional groups attached to an aromatic ring is 1. The summed E-state index contributed by atoms with van der Waals surface area (Å²) in [5.74, 6) is 0.970. The van der Waals surface area contributed by atoms with Crippen molar-refractivity contribution in [3.63, 3.8) is 0 Å². The molecule has 0 aliphatic carbocycles. The molecule has 0 aliphatic heterocycles. The highest BCUT2D eigenvalue weighted by Gasteiger charge is 2.10. The summed E-state index contributed by atoms with van der Waals surface area (Å²) in [4.78, 5) is 8.40. The quantitative estimate of drug-likeness (QED) is 0.672. The highest BCUT2D eigenvalue weighted by atomic mass is 32.1. The third kappa shape index (κ3) is 2.38. The van der Waals surface area contributed by atoms with E-state index >= 15 is 0 Å². The molecule has 0 aromatic carbocycles. The van der Waals surface area contributed by atoms with Crippen LogP contribution in [0, 0.1) is 0 Å². The fraction of sp³-hybridized carbons (Fsp3) is 0.167. The zero-order valence-corrected chi connectivity index (χ0v) is 10.8. The number of nitrogens with two attached hydrogens (primary N) is 1. The second-order valence-corrected chi connectivity index (χ2v) is 4.91. The van der Waals surface area contributed by atoms with Crippen LogP contribution in [0.4, 0.5) is 11.6 Å². The predicted molar refractivity (Wildman–Crippen MR) is 75.2 cm³/mol. The smallest absolute Gasteiger partial charge is 0.180 e. The number of nitrogens with zero attached hydrogens (tertiary/aromatic N) is 3. The van der Waals surface area contributed by atoms with Crippen molar-refractivity contribution in [1.29, 1.82) is 0 Å². The predicted octanol–water partition coefficient (Wildman–Crippen LogP) is 1.52. The lowest BCUT2D eigenvalue weighted by atomic mass is 10.2. The van der Waals surface area contributed by atoms with Crippen molar-refractivity contribution in [3.8, 4) is 0 Å². The molecule has 19 heavy (non-hydrogen) atoms. The minimum atomic E-state index is -0.579. The van der Waals surface area contributed by atoms with Gasteiger partial charge in [0, 0.05) is 18.9 Å². The Hall–Kier alpha value is -2.12. The molecule has 1 unspecified atom stereocenters. The van der Waals surface area contributed by atoms with Crippen LogP contribution in [0.25, 0.3) is 5.65 Å². The van der Waals surface area contributed by atoms with Crippen LogP contribution in [-0.2, 0) is 0 Å². The topological polar surface area (TPSA) is 88.5 Å². The van der Waals surface area contributed by atoms with Crippen molar-refractivity contribution in [3.05, 3.63) is 41.0 Å². The minimum absolute atomic E-state index is 0.357. The van der Waals surface area contributed by atoms with Gasteiger partial charge < -0.3 is 20.6 Å². The fourth-order valence-corrected chi connectivity index (χ4v) is 2.55. The molecular weight excluding hydrogens is 262 g/mol. The van der Waals surface area contributed by atoms with Crippen LogP contribution in [0.3, 0.4) is 0 Å². The number of hydrogen-bond acceptors (Lipinski definition) is 6. The van der Waals surface area contributed by atoms with Gasteiger partial charge in [0.1, 0.15) is 5.82 Å². The van der Waals surface area contributed by atoms with Crippen LogP contribution >= 0.6 is 11.3 Å². The molecule has 4 N–H and O–H groups in total. The highest BCUT2D eigenvalue weighted by Crippen LogP contribution is 2.19. The number of fused-ring (bicyclic) bond motifs is 1. The summed E-state index contributed by atoms with van der Waals surface area (Å²) < 4.78 is 1.79. The van der Waals surface area contributed by atoms with E-state index in [2.05, 4.69) is 15.3 Å². The maximum Gasteiger partial charge on any atom is 0.180 e. The summed E-state index contributed by atoms with van der Waals surface area (Å²) in [6.45, 7) is 0.357. The van der Waals surface area contributed by atoms with E-state index in [1.165, 1.54) is 0 Å². The number of aliphatic hydroxyl groups excluding tert-OH is 1. The maximum atomic E-state index is 10.0. The number of nitrogens with one attached hydrogen (secondary N) is 1. The third-order valence-corrected chi connectivity index (χ3v) is 3.48. The highest BCUT2D eigenvalue weighted by molar-refractivity contribution is 7.07. The first-order valence-electron chi connectivity index (χ1n) is 5.77. The third-order valence-electron chi connectivity index (χ3n) is 2.78. The lowest BCUT2D eigenvalue weighted by molar-refractivity contribution is 0.192. The molecule has 0 fully saturated rings. The fourth-order valence-electron chi connectivity index (χ4n) is 1.85. The van der Waals surface area contributed by atoms with Crippen molar-refractivity contribution >= 4 is 28.6 Å². The van der Waals surface area contributed by atoms with E-state index in [0.29, 0.717) is 23.8 Å². The van der Waals surface area contributed by atoms with Gasteiger partial charge in [0.15, 0.2) is 11.5 Å². The van der Waals surface area contributed by atoms with Crippen molar-refractivity contribution in [2.75, 3.05) is 17.6 Å². The average molecular weight is 275 g/mol. The molecule has 3 aromatic rings. The Balaban J connectivity index is 1.80. The lowest BCUT2D eigenvalue weighted by Crippen LogP contribution is -2.14. The van der Waals surface area contributed by atoms with Crippen LogP contribution in [0.2, 0.25) is 0 Å². The molecule has 0 bridgehead atoms. The second kappa shape index (κ2) is 4.87. The van der Waals surface area contributed by atoms with Crippen molar-refractivity contribution < 1.29 is 5.11 Å². The van der Waals surface area contributed by atoms with Crippen molar-refractivity contribution in [2.24, 2.45) is 0 Å². The zero-order chi connectivity index (χ0) is 13.2. The van der Waals surface area contributed by atoms with Gasteiger partial charge in [-0.1, -0.05) is 0 Å². The van der Waals surface area contributed by atoms with Crippen LogP contribution in [-0.4, -0.2) is 26.0 Å². The van der Waals surface area contributed by atoms with E-state index in [9.17, 15) is 5.11 Å². The average Bonchev–Trinajstić information content (AvgIpc) is 3.05. The van der Waals surface area contributed by atoms with Crippen LogP contribution in [0.15, 0.2) is 35.4 Å². The Labute approximate surface area is 113 Å². The summed E-state index contributed by atoms with van der Waals surface area (Å²) in [6, 6.07) is 1.90. The molecule has 3 rings (SSSR count). The Morgan fingerprint density at radius 3 is 3.21 bits per heavy atom. The number of anilines is 2. The van der Waals surface area contributed by atoms with Gasteiger partial charge in [-0.3, -0.25) is 0 Å². The summed E-state index contributed by atoms with van der Waals surface area (Å²) in [5.41, 5.74) is 7.30. The second-order valence-electron chi connectivity index (χ2n) is 4.13. The number of hydrogen-bond donors (Lipinski definition) is 3. The molecule has 3 aromatic heterocycles. The van der Waals surface area contributed by atoms with Gasteiger partial charge in [-0.2, -0.15) is 11.3 Å². The molecule has 0 radical (unpaired) electrons. The first-order chi connectivity index (χ1) is 9.24. The molecule has 1 atom stereocenters. The SMILES string of the molecule is Nc1cn2ccnc2c(NCC(O)c2ccsc2)n1. The molecule has 98 valence electrons. The summed E-state index contributed by atoms with van der Waals surface area (Å²) in [5, 5.41) is 17.0. The van der Waals surface area contributed by atoms with Gasteiger partial charge in [-0.15, -0.1) is 0 Å². The monoisotopic (exact) mass is 275 g/mol. The van der Waals surface area contributed by atoms with Gasteiger partial charge in [0.05, 0.1) is 12.3 Å². The molecule has 3 heterocycles. The van der Waals surface area contributed by atoms with Gasteiger partial charge in [-0.05, 0) is 22.4 Å². The van der Waals surface area contributed by atoms with E-state index < -0.39 is 6.10 Å². The van der Waals surface area contributed by atoms with E-state index in [1.807, 2.05) is 16.8 Å². The molecule has 0 amide bonds. The standard InChI is InChI=1S/C12H13N5OS/c13-10-6-17-3-2-14-12(17)11(16-10)15-5-9(18)8-1-4-19-7-8/h1-4,6-7,9,18H,5,13H2,(H,15,16). The number of aromatic nitrogens is 3. The molecule has 6 nitrogen and oxygen atoms in total. The van der Waals surface area contributed by atoms with E-state index in [4.69, 9.17) is 5.73 Å². The Morgan fingerprint density at radius 1 is 1.53 bits per heavy atom. The van der Waals surface area contributed by atoms with Gasteiger partial charge in [-0.25, -0.2) is 9.97 Å². The van der Waals surface area contributed by atoms with E-state index in [1.54, 1.807) is 34.3 Å². The summed E-state index contributed by atoms with van der Waals surface area (Å²) in [7, 11) is 0. The first kappa shape index (κ1) is 11.9. The molecule has 7 heteroatoms. The van der Waals surface area contributed by atoms with Crippen molar-refractivity contribution in [2.45, 2.75) is 6.10 Å². The largest absolute Gasteiger partial charge is 0.387 e. The van der Waals surface area contributed by atoms with E-state index in [-0.39, 0.29) is 0 Å². The maximum absolute atomic E-state index is 10.0. The van der Waals surface area contributed by atoms with Crippen molar-refractivity contribution in [1.82, 2.24) is 14.4 Å². The molecule has 0 spiro atoms. The Bertz CT molecular complexity index is 679. The zero-order valence-electron chi connectivity index (χ0n) is 10.0. The summed E-state index contributed by atoms with van der Waals surface area (Å²) in [6.07, 6.45) is 4.60. The Kier molecular flexibility index (Phi) is 3.06. The molecular formula is C12H13N5OS. The molecule has 0 saturated heterocycles. The minimum Gasteiger partial charge on any atom is -0.387 e. The number of aliphatic hydroxyl groups is 1. The normalized spacial score (nSPS) is 12.7. The molecule has 0 saturated carbocycles. The van der Waals surface area contributed by atoms with Gasteiger partial charge >= 0.3 is 0 Å². The van der Waals surface area contributed by atoms with Crippen LogP contribution in [0.5, 0.6) is 0 Å². The van der Waals surface area contributed by atoms with Crippen LogP contribution < -0.4 is 11.1 Å². The number of imidazole rings is 1.